The first-order valence-electron chi connectivity index (χ1n) is 9.13. The van der Waals surface area contributed by atoms with E-state index in [2.05, 4.69) is 10.6 Å². The molecule has 1 heterocycles. The number of nitrogens with zero attached hydrogens (tertiary/aromatic N) is 1. The van der Waals surface area contributed by atoms with Crippen LogP contribution in [0.5, 0.6) is 0 Å². The van der Waals surface area contributed by atoms with Crippen LogP contribution in [0.2, 0.25) is 5.02 Å². The highest BCUT2D eigenvalue weighted by Crippen LogP contribution is 2.25. The Hall–Kier alpha value is -3.19. The van der Waals surface area contributed by atoms with Gasteiger partial charge in [0.05, 0.1) is 11.1 Å². The van der Waals surface area contributed by atoms with E-state index in [-0.39, 0.29) is 42.1 Å². The topological polar surface area (TPSA) is 95.6 Å². The Kier molecular flexibility index (Phi) is 5.98. The van der Waals surface area contributed by atoms with E-state index in [0.717, 1.165) is 0 Å². The Morgan fingerprint density at radius 1 is 0.862 bits per heavy atom. The molecule has 0 fully saturated rings. The second-order valence-corrected chi connectivity index (χ2v) is 7.29. The Bertz CT molecular complexity index is 986. The third-order valence-electron chi connectivity index (χ3n) is 4.50. The number of carbonyl (C=O) groups is 4. The summed E-state index contributed by atoms with van der Waals surface area (Å²) in [6.45, 7) is 3.96. The Morgan fingerprint density at radius 2 is 1.38 bits per heavy atom. The van der Waals surface area contributed by atoms with Gasteiger partial charge >= 0.3 is 0 Å². The zero-order chi connectivity index (χ0) is 21.1. The maximum atomic E-state index is 12.4. The fraction of sp³-hybridized carbons (Fsp3) is 0.238. The van der Waals surface area contributed by atoms with Crippen molar-refractivity contribution in [3.63, 3.8) is 0 Å². The molecule has 0 aromatic heterocycles. The average molecular weight is 414 g/mol. The first-order chi connectivity index (χ1) is 13.8. The van der Waals surface area contributed by atoms with Crippen molar-refractivity contribution >= 4 is 35.2 Å². The minimum Gasteiger partial charge on any atom is -0.350 e. The van der Waals surface area contributed by atoms with Crippen molar-refractivity contribution in [3.05, 3.63) is 69.7 Å². The van der Waals surface area contributed by atoms with Crippen LogP contribution in [0.4, 0.5) is 0 Å². The highest BCUT2D eigenvalue weighted by molar-refractivity contribution is 6.30. The number of hydrogen-bond acceptors (Lipinski definition) is 4. The minimum absolute atomic E-state index is 0.209. The highest BCUT2D eigenvalue weighted by atomic mass is 35.5. The van der Waals surface area contributed by atoms with Crippen molar-refractivity contribution in [2.45, 2.75) is 19.9 Å². The van der Waals surface area contributed by atoms with Crippen LogP contribution in [0.15, 0.2) is 42.5 Å². The lowest BCUT2D eigenvalue weighted by Gasteiger charge is -2.17. The number of halogens is 1. The molecule has 2 aromatic rings. The van der Waals surface area contributed by atoms with Gasteiger partial charge in [-0.3, -0.25) is 24.1 Å². The lowest BCUT2D eigenvalue weighted by Crippen LogP contribution is -2.36. The van der Waals surface area contributed by atoms with Crippen LogP contribution < -0.4 is 10.6 Å². The maximum Gasteiger partial charge on any atom is 0.261 e. The van der Waals surface area contributed by atoms with E-state index in [4.69, 9.17) is 11.6 Å². The van der Waals surface area contributed by atoms with E-state index in [1.807, 2.05) is 0 Å². The zero-order valence-corrected chi connectivity index (χ0v) is 16.7. The fourth-order valence-electron chi connectivity index (χ4n) is 3.03. The molecular weight excluding hydrogens is 394 g/mol. The van der Waals surface area contributed by atoms with Gasteiger partial charge in [0.25, 0.3) is 23.6 Å². The van der Waals surface area contributed by atoms with Gasteiger partial charge in [-0.2, -0.15) is 0 Å². The van der Waals surface area contributed by atoms with Gasteiger partial charge in [0.1, 0.15) is 0 Å². The van der Waals surface area contributed by atoms with Crippen LogP contribution >= 0.6 is 11.6 Å². The van der Waals surface area contributed by atoms with E-state index < -0.39 is 11.8 Å². The lowest BCUT2D eigenvalue weighted by atomic mass is 10.1. The van der Waals surface area contributed by atoms with Crippen LogP contribution in [-0.4, -0.2) is 47.7 Å². The predicted octanol–water partition coefficient (Wildman–Crippen LogP) is 2.50. The van der Waals surface area contributed by atoms with Gasteiger partial charge in [0, 0.05) is 35.3 Å². The Labute approximate surface area is 173 Å². The molecule has 1 aliphatic heterocycles. The van der Waals surface area contributed by atoms with Crippen molar-refractivity contribution in [3.8, 4) is 0 Å². The van der Waals surface area contributed by atoms with E-state index >= 15 is 0 Å². The van der Waals surface area contributed by atoms with Gasteiger partial charge in [0.2, 0.25) is 0 Å². The van der Waals surface area contributed by atoms with Gasteiger partial charge in [-0.1, -0.05) is 11.6 Å². The van der Waals surface area contributed by atoms with Crippen molar-refractivity contribution in [2.24, 2.45) is 0 Å². The standard InChI is InChI=1S/C21H20ClN3O4/c1-12(2)25-20(28)16-8-5-14(11-17(16)21(25)29)19(27)24-10-9-23-18(26)13-3-6-15(22)7-4-13/h3-8,11-12H,9-10H2,1-2H3,(H,23,26)(H,24,27). The first kappa shape index (κ1) is 20.5. The van der Waals surface area contributed by atoms with E-state index in [0.29, 0.717) is 16.1 Å². The summed E-state index contributed by atoms with van der Waals surface area (Å²) in [6.07, 6.45) is 0. The number of carbonyl (C=O) groups excluding carboxylic acids is 4. The molecule has 0 radical (unpaired) electrons. The fourth-order valence-corrected chi connectivity index (χ4v) is 3.15. The molecule has 7 nitrogen and oxygen atoms in total. The summed E-state index contributed by atoms with van der Waals surface area (Å²) in [5.41, 5.74) is 1.28. The molecule has 0 bridgehead atoms. The molecule has 2 N–H and O–H groups in total. The quantitative estimate of drug-likeness (QED) is 0.561. The SMILES string of the molecule is CC(C)N1C(=O)c2ccc(C(=O)NCCNC(=O)c3ccc(Cl)cc3)cc2C1=O. The summed E-state index contributed by atoms with van der Waals surface area (Å²) in [7, 11) is 0. The first-order valence-corrected chi connectivity index (χ1v) is 9.51. The molecule has 29 heavy (non-hydrogen) atoms. The third-order valence-corrected chi connectivity index (χ3v) is 4.75. The molecule has 1 aliphatic rings. The van der Waals surface area contributed by atoms with Gasteiger partial charge in [-0.05, 0) is 56.3 Å². The molecule has 0 spiro atoms. The lowest BCUT2D eigenvalue weighted by molar-refractivity contribution is 0.0608. The van der Waals surface area contributed by atoms with Crippen LogP contribution in [0.3, 0.4) is 0 Å². The summed E-state index contributed by atoms with van der Waals surface area (Å²) in [5.74, 6) is -1.41. The number of rotatable bonds is 6. The number of hydrogen-bond donors (Lipinski definition) is 2. The highest BCUT2D eigenvalue weighted by Gasteiger charge is 2.37. The van der Waals surface area contributed by atoms with Crippen LogP contribution in [0, 0.1) is 0 Å². The average Bonchev–Trinajstić information content (AvgIpc) is 2.95. The Balaban J connectivity index is 1.56. The van der Waals surface area contributed by atoms with E-state index in [9.17, 15) is 19.2 Å². The number of amides is 4. The monoisotopic (exact) mass is 413 g/mol. The van der Waals surface area contributed by atoms with Crippen LogP contribution in [-0.2, 0) is 0 Å². The van der Waals surface area contributed by atoms with Crippen molar-refractivity contribution in [2.75, 3.05) is 13.1 Å². The van der Waals surface area contributed by atoms with Crippen molar-refractivity contribution in [1.29, 1.82) is 0 Å². The second kappa shape index (κ2) is 8.45. The molecule has 150 valence electrons. The molecule has 4 amide bonds. The van der Waals surface area contributed by atoms with Gasteiger partial charge in [-0.15, -0.1) is 0 Å². The molecular formula is C21H20ClN3O4. The Morgan fingerprint density at radius 3 is 1.97 bits per heavy atom. The number of benzene rings is 2. The van der Waals surface area contributed by atoms with E-state index in [1.54, 1.807) is 38.1 Å². The molecule has 0 unspecified atom stereocenters. The molecule has 3 rings (SSSR count). The van der Waals surface area contributed by atoms with Crippen LogP contribution in [0.1, 0.15) is 55.3 Å². The summed E-state index contributed by atoms with van der Waals surface area (Å²) < 4.78 is 0. The molecule has 0 saturated heterocycles. The predicted molar refractivity (Wildman–Crippen MR) is 108 cm³/mol. The molecule has 0 atom stereocenters. The molecule has 0 saturated carbocycles. The summed E-state index contributed by atoms with van der Waals surface area (Å²) in [4.78, 5) is 50.3. The van der Waals surface area contributed by atoms with Gasteiger partial charge in [0.15, 0.2) is 0 Å². The second-order valence-electron chi connectivity index (χ2n) is 6.85. The summed E-state index contributed by atoms with van der Waals surface area (Å²) in [6, 6.07) is 10.6. The summed E-state index contributed by atoms with van der Waals surface area (Å²) >= 11 is 5.79. The zero-order valence-electron chi connectivity index (χ0n) is 16.0. The normalized spacial score (nSPS) is 12.9. The molecule has 2 aromatic carbocycles. The van der Waals surface area contributed by atoms with Crippen LogP contribution in [0.25, 0.3) is 0 Å². The van der Waals surface area contributed by atoms with Gasteiger partial charge in [-0.25, -0.2) is 0 Å². The maximum absolute atomic E-state index is 12.4. The minimum atomic E-state index is -0.398. The number of nitrogens with one attached hydrogen (secondary N) is 2. The largest absolute Gasteiger partial charge is 0.350 e. The van der Waals surface area contributed by atoms with Crippen molar-refractivity contribution < 1.29 is 19.2 Å². The number of fused-ring (bicyclic) bond motifs is 1. The number of imide groups is 1. The van der Waals surface area contributed by atoms with E-state index in [1.165, 1.54) is 23.1 Å². The molecule has 8 heteroatoms. The smallest absolute Gasteiger partial charge is 0.261 e. The molecule has 0 aliphatic carbocycles. The summed E-state index contributed by atoms with van der Waals surface area (Å²) in [5, 5.41) is 5.92. The third kappa shape index (κ3) is 4.30. The van der Waals surface area contributed by atoms with Crippen molar-refractivity contribution in [1.82, 2.24) is 15.5 Å². The van der Waals surface area contributed by atoms with Gasteiger partial charge < -0.3 is 10.6 Å².